The van der Waals surface area contributed by atoms with E-state index in [-0.39, 0.29) is 5.57 Å². The Hall–Kier alpha value is -1.38. The monoisotopic (exact) mass is 124 g/mol. The van der Waals surface area contributed by atoms with Crippen molar-refractivity contribution in [1.82, 2.24) is 0 Å². The highest BCUT2D eigenvalue weighted by molar-refractivity contribution is 6.04. The molecule has 0 unspecified atom stereocenters. The van der Waals surface area contributed by atoms with E-state index in [4.69, 9.17) is 0 Å². The predicted octanol–water partition coefficient (Wildman–Crippen LogP) is 0.182. The van der Waals surface area contributed by atoms with E-state index in [0.717, 1.165) is 6.08 Å². The summed E-state index contributed by atoms with van der Waals surface area (Å²) in [6.07, 6.45) is 2.48. The summed E-state index contributed by atoms with van der Waals surface area (Å²) >= 11 is 0. The van der Waals surface area contributed by atoms with Crippen molar-refractivity contribution in [2.45, 2.75) is 0 Å². The summed E-state index contributed by atoms with van der Waals surface area (Å²) in [5.41, 5.74) is 0.203. The molecule has 0 aromatic rings. The summed E-state index contributed by atoms with van der Waals surface area (Å²) in [7, 11) is 0. The SMILES string of the molecule is C=C1C=CC(=O)OC1=O. The first-order chi connectivity index (χ1) is 4.20. The quantitative estimate of drug-likeness (QED) is 0.263. The Balaban J connectivity index is 2.89. The summed E-state index contributed by atoms with van der Waals surface area (Å²) in [4.78, 5) is 20.7. The lowest BCUT2D eigenvalue weighted by molar-refractivity contribution is -0.153. The molecule has 9 heavy (non-hydrogen) atoms. The molecule has 0 fully saturated rings. The van der Waals surface area contributed by atoms with Crippen LogP contribution in [0.5, 0.6) is 0 Å². The van der Waals surface area contributed by atoms with Gasteiger partial charge in [0, 0.05) is 6.08 Å². The van der Waals surface area contributed by atoms with Crippen molar-refractivity contribution in [1.29, 1.82) is 0 Å². The maximum absolute atomic E-state index is 10.4. The molecule has 1 heterocycles. The molecule has 0 aliphatic carbocycles. The molecule has 0 atom stereocenters. The van der Waals surface area contributed by atoms with Crippen molar-refractivity contribution in [3.8, 4) is 0 Å². The molecular formula is C6H4O3. The molecule has 0 N–H and O–H groups in total. The zero-order valence-corrected chi connectivity index (χ0v) is 4.59. The largest absolute Gasteiger partial charge is 0.386 e. The lowest BCUT2D eigenvalue weighted by Crippen LogP contribution is -2.14. The highest BCUT2D eigenvalue weighted by Crippen LogP contribution is 2.03. The summed E-state index contributed by atoms with van der Waals surface area (Å²) in [6, 6.07) is 0. The van der Waals surface area contributed by atoms with E-state index in [9.17, 15) is 9.59 Å². The number of ether oxygens (including phenoxy) is 1. The van der Waals surface area contributed by atoms with Gasteiger partial charge < -0.3 is 4.74 Å². The van der Waals surface area contributed by atoms with Crippen LogP contribution >= 0.6 is 0 Å². The van der Waals surface area contributed by atoms with E-state index in [0.29, 0.717) is 0 Å². The molecule has 46 valence electrons. The first-order valence-corrected chi connectivity index (χ1v) is 2.33. The van der Waals surface area contributed by atoms with Gasteiger partial charge in [0.25, 0.3) is 0 Å². The minimum Gasteiger partial charge on any atom is -0.386 e. The van der Waals surface area contributed by atoms with Gasteiger partial charge in [0.1, 0.15) is 0 Å². The average molecular weight is 124 g/mol. The van der Waals surface area contributed by atoms with Gasteiger partial charge >= 0.3 is 11.9 Å². The van der Waals surface area contributed by atoms with Gasteiger partial charge in [-0.1, -0.05) is 6.58 Å². The minimum absolute atomic E-state index is 0.203. The number of hydrogen-bond donors (Lipinski definition) is 0. The van der Waals surface area contributed by atoms with Crippen molar-refractivity contribution in [3.63, 3.8) is 0 Å². The van der Waals surface area contributed by atoms with Gasteiger partial charge in [-0.15, -0.1) is 0 Å². The van der Waals surface area contributed by atoms with Gasteiger partial charge in [-0.3, -0.25) is 0 Å². The number of hydrogen-bond acceptors (Lipinski definition) is 3. The van der Waals surface area contributed by atoms with Crippen molar-refractivity contribution < 1.29 is 14.3 Å². The van der Waals surface area contributed by atoms with Gasteiger partial charge in [-0.2, -0.15) is 0 Å². The molecule has 0 spiro atoms. The van der Waals surface area contributed by atoms with Gasteiger partial charge in [-0.25, -0.2) is 9.59 Å². The van der Waals surface area contributed by atoms with Crippen LogP contribution in [-0.4, -0.2) is 11.9 Å². The predicted molar refractivity (Wildman–Crippen MR) is 29.4 cm³/mol. The molecule has 3 heteroatoms. The molecule has 0 bridgehead atoms. The molecule has 0 saturated heterocycles. The van der Waals surface area contributed by atoms with Crippen LogP contribution in [0.1, 0.15) is 0 Å². The second-order valence-electron chi connectivity index (χ2n) is 1.57. The molecule has 1 aliphatic rings. The third-order valence-electron chi connectivity index (χ3n) is 0.876. The number of carbonyl (C=O) groups is 2. The first-order valence-electron chi connectivity index (χ1n) is 2.33. The van der Waals surface area contributed by atoms with Crippen molar-refractivity contribution in [3.05, 3.63) is 24.3 Å². The average Bonchev–Trinajstić information content (AvgIpc) is 1.80. The maximum atomic E-state index is 10.4. The maximum Gasteiger partial charge on any atom is 0.345 e. The van der Waals surface area contributed by atoms with Gasteiger partial charge in [0.15, 0.2) is 0 Å². The van der Waals surface area contributed by atoms with Crippen LogP contribution < -0.4 is 0 Å². The van der Waals surface area contributed by atoms with Crippen molar-refractivity contribution in [2.24, 2.45) is 0 Å². The summed E-state index contributed by atoms with van der Waals surface area (Å²) in [6.45, 7) is 3.32. The Morgan fingerprint density at radius 3 is 2.44 bits per heavy atom. The highest BCUT2D eigenvalue weighted by Gasteiger charge is 2.14. The zero-order valence-electron chi connectivity index (χ0n) is 4.59. The molecule has 1 rings (SSSR count). The fourth-order valence-corrected chi connectivity index (χ4v) is 0.428. The Labute approximate surface area is 51.6 Å². The smallest absolute Gasteiger partial charge is 0.345 e. The first kappa shape index (κ1) is 5.75. The minimum atomic E-state index is -0.664. The zero-order chi connectivity index (χ0) is 6.85. The van der Waals surface area contributed by atoms with Crippen LogP contribution in [-0.2, 0) is 14.3 Å². The standard InChI is InChI=1S/C6H4O3/c1-4-2-3-5(7)9-6(4)8/h2-3H,1H2. The lowest BCUT2D eigenvalue weighted by atomic mass is 10.2. The third kappa shape index (κ3) is 1.05. The van der Waals surface area contributed by atoms with E-state index in [1.165, 1.54) is 6.08 Å². The Morgan fingerprint density at radius 1 is 1.33 bits per heavy atom. The van der Waals surface area contributed by atoms with E-state index in [1.807, 2.05) is 0 Å². The van der Waals surface area contributed by atoms with E-state index < -0.39 is 11.9 Å². The topological polar surface area (TPSA) is 43.4 Å². The molecule has 3 nitrogen and oxygen atoms in total. The van der Waals surface area contributed by atoms with Crippen molar-refractivity contribution >= 4 is 11.9 Å². The van der Waals surface area contributed by atoms with Gasteiger partial charge in [0.2, 0.25) is 0 Å². The summed E-state index contributed by atoms with van der Waals surface area (Å²) in [5, 5.41) is 0. The number of cyclic esters (lactones) is 2. The normalized spacial score (nSPS) is 18.0. The van der Waals surface area contributed by atoms with E-state index >= 15 is 0 Å². The fraction of sp³-hybridized carbons (Fsp3) is 0. The molecule has 0 radical (unpaired) electrons. The molecule has 0 amide bonds. The number of carbonyl (C=O) groups excluding carboxylic acids is 2. The highest BCUT2D eigenvalue weighted by atomic mass is 16.6. The fourth-order valence-electron chi connectivity index (χ4n) is 0.428. The molecule has 0 saturated carbocycles. The summed E-state index contributed by atoms with van der Waals surface area (Å²) in [5.74, 6) is -1.30. The van der Waals surface area contributed by atoms with Crippen LogP contribution in [0, 0.1) is 0 Å². The second-order valence-corrected chi connectivity index (χ2v) is 1.57. The second kappa shape index (κ2) is 1.85. The van der Waals surface area contributed by atoms with Crippen molar-refractivity contribution in [2.75, 3.05) is 0 Å². The van der Waals surface area contributed by atoms with Crippen LogP contribution in [0.2, 0.25) is 0 Å². The van der Waals surface area contributed by atoms with Crippen LogP contribution in [0.3, 0.4) is 0 Å². The van der Waals surface area contributed by atoms with Crippen LogP contribution in [0.4, 0.5) is 0 Å². The molecular weight excluding hydrogens is 120 g/mol. The van der Waals surface area contributed by atoms with Gasteiger partial charge in [0.05, 0.1) is 5.57 Å². The Bertz CT molecular complexity index is 212. The number of esters is 2. The van der Waals surface area contributed by atoms with E-state index in [2.05, 4.69) is 11.3 Å². The van der Waals surface area contributed by atoms with Crippen LogP contribution in [0.15, 0.2) is 24.3 Å². The van der Waals surface area contributed by atoms with Crippen LogP contribution in [0.25, 0.3) is 0 Å². The molecule has 0 aromatic heterocycles. The Morgan fingerprint density at radius 2 is 2.00 bits per heavy atom. The molecule has 0 aromatic carbocycles. The molecule has 1 aliphatic heterocycles. The van der Waals surface area contributed by atoms with E-state index in [1.54, 1.807) is 0 Å². The third-order valence-corrected chi connectivity index (χ3v) is 0.876. The number of rotatable bonds is 0. The Kier molecular flexibility index (Phi) is 1.18. The summed E-state index contributed by atoms with van der Waals surface area (Å²) < 4.78 is 4.13. The lowest BCUT2D eigenvalue weighted by Gasteiger charge is -2.02. The van der Waals surface area contributed by atoms with Gasteiger partial charge in [-0.05, 0) is 6.08 Å².